The van der Waals surface area contributed by atoms with Crippen LogP contribution in [0.3, 0.4) is 0 Å². The number of likely N-dealkylation sites (tertiary alicyclic amines) is 1. The lowest BCUT2D eigenvalue weighted by molar-refractivity contribution is -0.0245. The number of amides is 2. The molecule has 2 aromatic rings. The highest BCUT2D eigenvalue weighted by Gasteiger charge is 2.43. The van der Waals surface area contributed by atoms with Crippen molar-refractivity contribution in [2.75, 3.05) is 25.9 Å². The number of rotatable bonds is 4. The second-order valence-electron chi connectivity index (χ2n) is 8.18. The second-order valence-corrected chi connectivity index (χ2v) is 8.18. The SMILES string of the molecule is CCc1cc(C(=O)N2CCC3(CC2)NC(=O)c2cc(C(=O)OC)ccc2O3)cc(C=N)c1N. The van der Waals surface area contributed by atoms with Gasteiger partial charge in [0.05, 0.1) is 18.2 Å². The first-order chi connectivity index (χ1) is 15.8. The summed E-state index contributed by atoms with van der Waals surface area (Å²) in [5.74, 6) is -0.609. The van der Waals surface area contributed by atoms with E-state index in [9.17, 15) is 14.4 Å². The topological polar surface area (TPSA) is 135 Å². The van der Waals surface area contributed by atoms with Gasteiger partial charge in [0.2, 0.25) is 0 Å². The van der Waals surface area contributed by atoms with Crippen molar-refractivity contribution in [2.45, 2.75) is 31.9 Å². The van der Waals surface area contributed by atoms with Crippen molar-refractivity contribution in [2.24, 2.45) is 0 Å². The molecule has 2 aliphatic heterocycles. The number of piperidine rings is 1. The summed E-state index contributed by atoms with van der Waals surface area (Å²) in [6.45, 7) is 2.73. The third-order valence-electron chi connectivity index (χ3n) is 6.23. The number of carbonyl (C=O) groups is 3. The molecule has 0 atom stereocenters. The molecule has 172 valence electrons. The van der Waals surface area contributed by atoms with Crippen LogP contribution in [0.5, 0.6) is 5.75 Å². The van der Waals surface area contributed by atoms with Crippen molar-refractivity contribution >= 4 is 29.7 Å². The average Bonchev–Trinajstić information content (AvgIpc) is 2.83. The minimum Gasteiger partial charge on any atom is -0.467 e. The maximum absolute atomic E-state index is 13.1. The Balaban J connectivity index is 1.50. The van der Waals surface area contributed by atoms with Crippen molar-refractivity contribution < 1.29 is 23.9 Å². The predicted molar refractivity (Wildman–Crippen MR) is 122 cm³/mol. The minimum atomic E-state index is -0.913. The number of esters is 1. The van der Waals surface area contributed by atoms with Gasteiger partial charge in [0.1, 0.15) is 5.75 Å². The number of hydrogen-bond donors (Lipinski definition) is 3. The third-order valence-corrected chi connectivity index (χ3v) is 6.23. The van der Waals surface area contributed by atoms with Gasteiger partial charge < -0.3 is 30.8 Å². The number of benzene rings is 2. The number of aryl methyl sites for hydroxylation is 1. The Hall–Kier alpha value is -3.88. The third kappa shape index (κ3) is 4.02. The van der Waals surface area contributed by atoms with Gasteiger partial charge in [-0.2, -0.15) is 0 Å². The van der Waals surface area contributed by atoms with Gasteiger partial charge >= 0.3 is 5.97 Å². The molecule has 33 heavy (non-hydrogen) atoms. The van der Waals surface area contributed by atoms with Crippen LogP contribution in [0.1, 0.15) is 62.0 Å². The molecule has 1 fully saturated rings. The van der Waals surface area contributed by atoms with Crippen LogP contribution in [-0.4, -0.2) is 54.8 Å². The molecule has 0 unspecified atom stereocenters. The van der Waals surface area contributed by atoms with Crippen LogP contribution in [0.4, 0.5) is 5.69 Å². The van der Waals surface area contributed by atoms with E-state index >= 15 is 0 Å². The van der Waals surface area contributed by atoms with E-state index in [4.69, 9.17) is 20.6 Å². The Morgan fingerprint density at radius 3 is 2.61 bits per heavy atom. The zero-order chi connectivity index (χ0) is 23.8. The molecule has 2 aromatic carbocycles. The Labute approximate surface area is 191 Å². The van der Waals surface area contributed by atoms with Crippen LogP contribution in [-0.2, 0) is 11.2 Å². The monoisotopic (exact) mass is 450 g/mol. The largest absolute Gasteiger partial charge is 0.467 e. The fraction of sp³-hybridized carbons (Fsp3) is 0.333. The van der Waals surface area contributed by atoms with Crippen molar-refractivity contribution in [1.82, 2.24) is 10.2 Å². The summed E-state index contributed by atoms with van der Waals surface area (Å²) in [6.07, 6.45) is 2.64. The number of anilines is 1. The Kier molecular flexibility index (Phi) is 5.80. The standard InChI is InChI=1S/C24H26N4O5/c1-3-14-10-16(11-17(13-25)20(14)26)22(30)28-8-6-24(7-9-28)27-21(29)18-12-15(23(31)32-2)4-5-19(18)33-24/h4-5,10-13,25H,3,6-9,26H2,1-2H3,(H,27,29). The van der Waals surface area contributed by atoms with E-state index in [-0.39, 0.29) is 22.9 Å². The molecule has 0 bridgehead atoms. The number of nitrogens with two attached hydrogens (primary N) is 1. The molecule has 0 aromatic heterocycles. The normalized spacial score (nSPS) is 16.4. The molecule has 0 saturated carbocycles. The van der Waals surface area contributed by atoms with Gasteiger partial charge in [0.25, 0.3) is 11.8 Å². The van der Waals surface area contributed by atoms with Gasteiger partial charge in [-0.1, -0.05) is 6.92 Å². The van der Waals surface area contributed by atoms with E-state index in [1.807, 2.05) is 6.92 Å². The molecule has 1 saturated heterocycles. The number of hydrogen-bond acceptors (Lipinski definition) is 7. The predicted octanol–water partition coefficient (Wildman–Crippen LogP) is 2.37. The summed E-state index contributed by atoms with van der Waals surface area (Å²) in [7, 11) is 1.28. The Morgan fingerprint density at radius 1 is 1.24 bits per heavy atom. The summed E-state index contributed by atoms with van der Waals surface area (Å²) in [6, 6.07) is 8.03. The van der Waals surface area contributed by atoms with E-state index in [0.717, 1.165) is 11.8 Å². The first kappa shape index (κ1) is 22.3. The van der Waals surface area contributed by atoms with Crippen LogP contribution in [0.15, 0.2) is 30.3 Å². The molecular formula is C24H26N4O5. The van der Waals surface area contributed by atoms with Crippen LogP contribution >= 0.6 is 0 Å². The number of methoxy groups -OCH3 is 1. The highest BCUT2D eigenvalue weighted by Crippen LogP contribution is 2.34. The summed E-state index contributed by atoms with van der Waals surface area (Å²) in [4.78, 5) is 39.4. The summed E-state index contributed by atoms with van der Waals surface area (Å²) in [5.41, 5.74) is 8.07. The fourth-order valence-electron chi connectivity index (χ4n) is 4.31. The van der Waals surface area contributed by atoms with Crippen LogP contribution in [0.2, 0.25) is 0 Å². The molecule has 2 heterocycles. The molecular weight excluding hydrogens is 424 g/mol. The maximum Gasteiger partial charge on any atom is 0.337 e. The zero-order valence-electron chi connectivity index (χ0n) is 18.6. The number of nitrogens with one attached hydrogen (secondary N) is 2. The highest BCUT2D eigenvalue weighted by molar-refractivity contribution is 6.01. The first-order valence-corrected chi connectivity index (χ1v) is 10.8. The molecule has 2 aliphatic rings. The average molecular weight is 450 g/mol. The molecule has 0 aliphatic carbocycles. The molecule has 4 rings (SSSR count). The van der Waals surface area contributed by atoms with E-state index in [1.54, 1.807) is 29.2 Å². The van der Waals surface area contributed by atoms with Gasteiger partial charge in [0, 0.05) is 49.0 Å². The smallest absolute Gasteiger partial charge is 0.337 e. The summed E-state index contributed by atoms with van der Waals surface area (Å²) in [5, 5.41) is 10.5. The van der Waals surface area contributed by atoms with Gasteiger partial charge in [-0.3, -0.25) is 9.59 Å². The molecule has 9 nitrogen and oxygen atoms in total. The maximum atomic E-state index is 13.1. The van der Waals surface area contributed by atoms with Gasteiger partial charge in [-0.05, 0) is 42.3 Å². The van der Waals surface area contributed by atoms with Crippen LogP contribution in [0, 0.1) is 5.41 Å². The van der Waals surface area contributed by atoms with Crippen molar-refractivity contribution in [3.63, 3.8) is 0 Å². The molecule has 1 spiro atoms. The van der Waals surface area contributed by atoms with Crippen LogP contribution in [0.25, 0.3) is 0 Å². The minimum absolute atomic E-state index is 0.145. The van der Waals surface area contributed by atoms with Crippen LogP contribution < -0.4 is 15.8 Å². The second kappa shape index (κ2) is 8.57. The van der Waals surface area contributed by atoms with Gasteiger partial charge in [-0.25, -0.2) is 4.79 Å². The lowest BCUT2D eigenvalue weighted by Crippen LogP contribution is -2.61. The Bertz CT molecular complexity index is 1150. The zero-order valence-corrected chi connectivity index (χ0v) is 18.6. The number of nitrogen functional groups attached to an aromatic ring is 1. The van der Waals surface area contributed by atoms with Crippen molar-refractivity contribution in [3.05, 3.63) is 58.1 Å². The lowest BCUT2D eigenvalue weighted by Gasteiger charge is -2.44. The van der Waals surface area contributed by atoms with E-state index in [2.05, 4.69) is 5.32 Å². The number of carbonyl (C=O) groups excluding carboxylic acids is 3. The molecule has 9 heteroatoms. The molecule has 0 radical (unpaired) electrons. The lowest BCUT2D eigenvalue weighted by atomic mass is 9.95. The summed E-state index contributed by atoms with van der Waals surface area (Å²) < 4.78 is 10.9. The van der Waals surface area contributed by atoms with E-state index in [1.165, 1.54) is 13.2 Å². The quantitative estimate of drug-likeness (QED) is 0.372. The number of ether oxygens (including phenoxy) is 2. The molecule has 4 N–H and O–H groups in total. The van der Waals surface area contributed by atoms with E-state index < -0.39 is 11.7 Å². The van der Waals surface area contributed by atoms with Gasteiger partial charge in [-0.15, -0.1) is 0 Å². The first-order valence-electron chi connectivity index (χ1n) is 10.8. The number of fused-ring (bicyclic) bond motifs is 1. The Morgan fingerprint density at radius 2 is 1.97 bits per heavy atom. The molecule has 2 amide bonds. The van der Waals surface area contributed by atoms with E-state index in [0.29, 0.717) is 54.9 Å². The number of nitrogens with zero attached hydrogens (tertiary/aromatic N) is 1. The van der Waals surface area contributed by atoms with Crippen molar-refractivity contribution in [1.29, 1.82) is 5.41 Å². The summed E-state index contributed by atoms with van der Waals surface area (Å²) >= 11 is 0. The van der Waals surface area contributed by atoms with Gasteiger partial charge in [0.15, 0.2) is 5.72 Å². The fourth-order valence-corrected chi connectivity index (χ4v) is 4.31. The van der Waals surface area contributed by atoms with Crippen molar-refractivity contribution in [3.8, 4) is 5.75 Å². The highest BCUT2D eigenvalue weighted by atomic mass is 16.5.